The molecule has 1 aromatic heterocycles. The highest BCUT2D eigenvalue weighted by atomic mass is 19.4. The Hall–Kier alpha value is -3.26. The zero-order valence-corrected chi connectivity index (χ0v) is 15.1. The molecule has 4 N–H and O–H groups in total. The van der Waals surface area contributed by atoms with E-state index in [1.807, 2.05) is 0 Å². The van der Waals surface area contributed by atoms with Crippen LogP contribution in [0.3, 0.4) is 0 Å². The van der Waals surface area contributed by atoms with Crippen LogP contribution in [0.25, 0.3) is 0 Å². The number of nitrogens with zero attached hydrogens (tertiary/aromatic N) is 3. The summed E-state index contributed by atoms with van der Waals surface area (Å²) in [6.07, 6.45) is -2.62. The molecule has 2 aromatic rings. The maximum Gasteiger partial charge on any atom is 0.573 e. The summed E-state index contributed by atoms with van der Waals surface area (Å²) < 4.78 is 42.1. The molecule has 1 heterocycles. The first-order valence-electron chi connectivity index (χ1n) is 8.75. The summed E-state index contributed by atoms with van der Waals surface area (Å²) in [6.45, 7) is 0. The predicted molar refractivity (Wildman–Crippen MR) is 95.2 cm³/mol. The van der Waals surface area contributed by atoms with Gasteiger partial charge in [0, 0.05) is 11.9 Å². The number of nitriles is 1. The summed E-state index contributed by atoms with van der Waals surface area (Å²) in [7, 11) is 0. The number of nitrogens with one attached hydrogen (secondary N) is 1. The summed E-state index contributed by atoms with van der Waals surface area (Å²) in [5.41, 5.74) is 5.85. The highest BCUT2D eigenvalue weighted by Crippen LogP contribution is 2.35. The number of aliphatic hydroxyl groups excluding tert-OH is 1. The molecule has 0 spiro atoms. The number of ether oxygens (including phenoxy) is 1. The molecule has 0 bridgehead atoms. The minimum atomic E-state index is -4.79. The number of benzene rings is 1. The van der Waals surface area contributed by atoms with Gasteiger partial charge in [-0.2, -0.15) is 10.4 Å². The van der Waals surface area contributed by atoms with E-state index in [1.54, 1.807) is 0 Å². The van der Waals surface area contributed by atoms with Crippen LogP contribution in [-0.4, -0.2) is 33.3 Å². The van der Waals surface area contributed by atoms with Gasteiger partial charge in [0.05, 0.1) is 24.1 Å². The highest BCUT2D eigenvalue weighted by Gasteiger charge is 2.33. The molecule has 154 valence electrons. The third-order valence-electron chi connectivity index (χ3n) is 4.64. The Morgan fingerprint density at radius 1 is 1.34 bits per heavy atom. The number of carbonyl (C=O) groups excluding carboxylic acids is 1. The van der Waals surface area contributed by atoms with Crippen LogP contribution < -0.4 is 15.8 Å². The molecule has 3 rings (SSSR count). The summed E-state index contributed by atoms with van der Waals surface area (Å²) in [5.74, 6) is -1.50. The lowest BCUT2D eigenvalue weighted by Gasteiger charge is -2.30. The van der Waals surface area contributed by atoms with Crippen LogP contribution >= 0.6 is 0 Å². The smallest absolute Gasteiger partial charge is 0.406 e. The maximum absolute atomic E-state index is 12.3. The van der Waals surface area contributed by atoms with Crippen molar-refractivity contribution in [1.29, 1.82) is 5.26 Å². The summed E-state index contributed by atoms with van der Waals surface area (Å²) in [4.78, 5) is 11.8. The summed E-state index contributed by atoms with van der Waals surface area (Å²) in [5, 5.41) is 26.3. The number of primary amides is 1. The Kier molecular flexibility index (Phi) is 5.65. The van der Waals surface area contributed by atoms with Crippen molar-refractivity contribution < 1.29 is 27.8 Å². The van der Waals surface area contributed by atoms with E-state index in [1.165, 1.54) is 23.0 Å². The zero-order chi connectivity index (χ0) is 21.2. The molecule has 11 heteroatoms. The van der Waals surface area contributed by atoms with Crippen molar-refractivity contribution >= 4 is 17.4 Å². The summed E-state index contributed by atoms with van der Waals surface area (Å²) >= 11 is 0. The fourth-order valence-corrected chi connectivity index (χ4v) is 3.30. The van der Waals surface area contributed by atoms with Crippen molar-refractivity contribution in [3.8, 4) is 11.8 Å². The van der Waals surface area contributed by atoms with Crippen molar-refractivity contribution in [2.45, 2.75) is 37.8 Å². The van der Waals surface area contributed by atoms with Gasteiger partial charge >= 0.3 is 6.36 Å². The van der Waals surface area contributed by atoms with Gasteiger partial charge in [-0.15, -0.1) is 13.2 Å². The predicted octanol–water partition coefficient (Wildman–Crippen LogP) is 2.85. The number of aromatic nitrogens is 2. The number of rotatable bonds is 5. The largest absolute Gasteiger partial charge is 0.573 e. The molecule has 8 nitrogen and oxygen atoms in total. The van der Waals surface area contributed by atoms with Gasteiger partial charge in [-0.3, -0.25) is 9.48 Å². The fraction of sp³-hybridized carbons (Fsp3) is 0.389. The molecule has 3 unspecified atom stereocenters. The van der Waals surface area contributed by atoms with E-state index in [0.717, 1.165) is 12.1 Å². The normalized spacial score (nSPS) is 22.0. The Bertz CT molecular complexity index is 920. The number of halogens is 3. The van der Waals surface area contributed by atoms with Crippen LogP contribution in [0.15, 0.2) is 30.5 Å². The van der Waals surface area contributed by atoms with Crippen LogP contribution in [0, 0.1) is 17.2 Å². The number of anilines is 2. The van der Waals surface area contributed by atoms with Gasteiger partial charge in [0.25, 0.3) is 5.91 Å². The second kappa shape index (κ2) is 8.00. The minimum absolute atomic E-state index is 0.0726. The van der Waals surface area contributed by atoms with Crippen molar-refractivity contribution in [3.63, 3.8) is 0 Å². The summed E-state index contributed by atoms with van der Waals surface area (Å²) in [6, 6.07) is 6.72. The molecule has 29 heavy (non-hydrogen) atoms. The van der Waals surface area contributed by atoms with Crippen LogP contribution in [0.1, 0.15) is 35.7 Å². The van der Waals surface area contributed by atoms with Gasteiger partial charge < -0.3 is 20.9 Å². The van der Waals surface area contributed by atoms with Gasteiger partial charge in [-0.05, 0) is 43.5 Å². The first-order valence-corrected chi connectivity index (χ1v) is 8.75. The third kappa shape index (κ3) is 4.97. The molecule has 1 aliphatic carbocycles. The van der Waals surface area contributed by atoms with Gasteiger partial charge in [-0.1, -0.05) is 0 Å². The first kappa shape index (κ1) is 20.5. The van der Waals surface area contributed by atoms with E-state index in [2.05, 4.69) is 21.2 Å². The van der Waals surface area contributed by atoms with Crippen molar-refractivity contribution in [3.05, 3.63) is 36.0 Å². The van der Waals surface area contributed by atoms with Crippen molar-refractivity contribution in [2.24, 2.45) is 11.7 Å². The van der Waals surface area contributed by atoms with E-state index in [0.29, 0.717) is 24.9 Å². The molecule has 1 aromatic carbocycles. The molecule has 3 atom stereocenters. The molecule has 0 radical (unpaired) electrons. The van der Waals surface area contributed by atoms with Gasteiger partial charge in [0.15, 0.2) is 5.82 Å². The molecule has 0 saturated heterocycles. The lowest BCUT2D eigenvalue weighted by molar-refractivity contribution is -0.274. The maximum atomic E-state index is 12.3. The molecular weight excluding hydrogens is 391 g/mol. The Morgan fingerprint density at radius 2 is 2.03 bits per heavy atom. The van der Waals surface area contributed by atoms with Gasteiger partial charge in [0.1, 0.15) is 11.3 Å². The Morgan fingerprint density at radius 3 is 2.62 bits per heavy atom. The van der Waals surface area contributed by atoms with Crippen LogP contribution in [0.4, 0.5) is 24.7 Å². The highest BCUT2D eigenvalue weighted by molar-refractivity contribution is 5.98. The molecular formula is C18H18F3N5O3. The number of hydrogen-bond donors (Lipinski definition) is 3. The lowest BCUT2D eigenvalue weighted by atomic mass is 9.84. The minimum Gasteiger partial charge on any atom is -0.406 e. The number of nitrogens with two attached hydrogens (primary N) is 1. The van der Waals surface area contributed by atoms with Crippen LogP contribution in [-0.2, 0) is 0 Å². The van der Waals surface area contributed by atoms with Gasteiger partial charge in [0.2, 0.25) is 0 Å². The molecule has 1 amide bonds. The fourth-order valence-electron chi connectivity index (χ4n) is 3.30. The van der Waals surface area contributed by atoms with E-state index in [9.17, 15) is 28.3 Å². The molecule has 1 fully saturated rings. The quantitative estimate of drug-likeness (QED) is 0.697. The van der Waals surface area contributed by atoms with Crippen molar-refractivity contribution in [1.82, 2.24) is 9.78 Å². The van der Waals surface area contributed by atoms with Gasteiger partial charge in [-0.25, -0.2) is 0 Å². The molecule has 1 saturated carbocycles. The lowest BCUT2D eigenvalue weighted by Crippen LogP contribution is -2.29. The number of carbonyl (C=O) groups is 1. The van der Waals surface area contributed by atoms with E-state index in [-0.39, 0.29) is 23.2 Å². The second-order valence-electron chi connectivity index (χ2n) is 6.70. The Balaban J connectivity index is 1.82. The van der Waals surface area contributed by atoms with Crippen LogP contribution in [0.5, 0.6) is 5.75 Å². The number of alkyl halides is 3. The average molecular weight is 409 g/mol. The number of amides is 1. The second-order valence-corrected chi connectivity index (χ2v) is 6.70. The van der Waals surface area contributed by atoms with Crippen molar-refractivity contribution in [2.75, 3.05) is 5.32 Å². The third-order valence-corrected chi connectivity index (χ3v) is 4.64. The Labute approximate surface area is 163 Å². The zero-order valence-electron chi connectivity index (χ0n) is 15.1. The SMILES string of the molecule is N#CC1CC(O)CCC1n1cc(C(N)=O)c(Nc2ccc(OC(F)(F)F)cc2)n1. The van der Waals surface area contributed by atoms with E-state index < -0.39 is 24.3 Å². The van der Waals surface area contributed by atoms with Crippen LogP contribution in [0.2, 0.25) is 0 Å². The van der Waals surface area contributed by atoms with E-state index in [4.69, 9.17) is 5.73 Å². The number of hydrogen-bond acceptors (Lipinski definition) is 6. The first-order chi connectivity index (χ1) is 13.7. The molecule has 0 aliphatic heterocycles. The monoisotopic (exact) mass is 409 g/mol. The average Bonchev–Trinajstić information content (AvgIpc) is 3.06. The topological polar surface area (TPSA) is 126 Å². The van der Waals surface area contributed by atoms with E-state index >= 15 is 0 Å². The number of aliphatic hydroxyl groups is 1. The standard InChI is InChI=1S/C18H18F3N5O3/c19-18(20,21)29-13-4-1-11(2-5-13)24-17-14(16(23)28)9-26(25-17)15-6-3-12(27)7-10(15)8-22/h1-2,4-5,9-10,12,15,27H,3,6-7H2,(H2,23,28)(H,24,25). The molecule has 1 aliphatic rings.